The van der Waals surface area contributed by atoms with Crippen molar-refractivity contribution < 1.29 is 24.5 Å². The predicted molar refractivity (Wildman–Crippen MR) is 92.2 cm³/mol. The van der Waals surface area contributed by atoms with Crippen LogP contribution in [0.15, 0.2) is 11.6 Å². The molecular formula is C19H26O5. The Morgan fingerprint density at radius 2 is 2.00 bits per heavy atom. The lowest BCUT2D eigenvalue weighted by Gasteiger charge is -2.39. The number of phenolic OH excluding ortho intramolecular Hbond substituents is 1. The summed E-state index contributed by atoms with van der Waals surface area (Å²) in [6.45, 7) is 8.92. The van der Waals surface area contributed by atoms with E-state index in [1.54, 1.807) is 13.8 Å². The summed E-state index contributed by atoms with van der Waals surface area (Å²) in [4.78, 5) is 12.1. The van der Waals surface area contributed by atoms with Crippen LogP contribution in [0.3, 0.4) is 0 Å². The van der Waals surface area contributed by atoms with E-state index in [0.29, 0.717) is 29.7 Å². The fraction of sp³-hybridized carbons (Fsp3) is 0.526. The van der Waals surface area contributed by atoms with Crippen LogP contribution in [0.25, 0.3) is 0 Å². The Kier molecular flexibility index (Phi) is 4.95. The zero-order chi connectivity index (χ0) is 18.2. The molecule has 1 heterocycles. The van der Waals surface area contributed by atoms with Gasteiger partial charge < -0.3 is 19.7 Å². The van der Waals surface area contributed by atoms with Crippen LogP contribution in [0, 0.1) is 0 Å². The molecule has 0 bridgehead atoms. The highest BCUT2D eigenvalue weighted by Gasteiger charge is 2.40. The summed E-state index contributed by atoms with van der Waals surface area (Å²) in [6, 6.07) is 0. The van der Waals surface area contributed by atoms with Crippen LogP contribution >= 0.6 is 0 Å². The summed E-state index contributed by atoms with van der Waals surface area (Å²) >= 11 is 0. The molecule has 0 amide bonds. The molecule has 24 heavy (non-hydrogen) atoms. The Labute approximate surface area is 142 Å². The topological polar surface area (TPSA) is 76.0 Å². The fourth-order valence-electron chi connectivity index (χ4n) is 2.93. The van der Waals surface area contributed by atoms with E-state index < -0.39 is 11.7 Å². The van der Waals surface area contributed by atoms with E-state index in [1.165, 1.54) is 14.0 Å². The smallest absolute Gasteiger partial charge is 0.167 e. The summed E-state index contributed by atoms with van der Waals surface area (Å²) in [6.07, 6.45) is 1.97. The molecule has 1 aliphatic rings. The van der Waals surface area contributed by atoms with Gasteiger partial charge in [0.15, 0.2) is 5.78 Å². The number of aliphatic hydroxyl groups excluding tert-OH is 1. The van der Waals surface area contributed by atoms with E-state index in [2.05, 4.69) is 0 Å². The standard InChI is InChI=1S/C19H26O5/c1-10(2)7-8-12-16(22)15(11(3)20)18(23-6)13-9-14(21)19(4,5)24-17(12)13/h7,14,21-22H,8-9H2,1-6H3. The van der Waals surface area contributed by atoms with Gasteiger partial charge in [-0.15, -0.1) is 0 Å². The number of ether oxygens (including phenoxy) is 2. The molecule has 5 nitrogen and oxygen atoms in total. The van der Waals surface area contributed by atoms with Gasteiger partial charge in [0.25, 0.3) is 0 Å². The van der Waals surface area contributed by atoms with E-state index in [9.17, 15) is 15.0 Å². The van der Waals surface area contributed by atoms with Gasteiger partial charge in [-0.2, -0.15) is 0 Å². The Morgan fingerprint density at radius 3 is 2.50 bits per heavy atom. The first-order chi connectivity index (χ1) is 11.1. The van der Waals surface area contributed by atoms with E-state index in [1.807, 2.05) is 19.9 Å². The predicted octanol–water partition coefficient (Wildman–Crippen LogP) is 3.19. The van der Waals surface area contributed by atoms with E-state index >= 15 is 0 Å². The molecule has 1 aromatic rings. The molecule has 132 valence electrons. The van der Waals surface area contributed by atoms with E-state index in [-0.39, 0.29) is 22.8 Å². The van der Waals surface area contributed by atoms with Crippen molar-refractivity contribution in [2.45, 2.75) is 59.2 Å². The third-order valence-electron chi connectivity index (χ3n) is 4.41. The summed E-state index contributed by atoms with van der Waals surface area (Å²) in [5, 5.41) is 21.1. The normalized spacial score (nSPS) is 18.4. The Bertz CT molecular complexity index is 696. The van der Waals surface area contributed by atoms with Gasteiger partial charge in [-0.1, -0.05) is 11.6 Å². The molecule has 0 fully saturated rings. The highest BCUT2D eigenvalue weighted by molar-refractivity contribution is 6.01. The number of rotatable bonds is 4. The number of benzene rings is 1. The number of Topliss-reactive ketones (excluding diaryl/α,β-unsaturated/α-hetero) is 1. The molecule has 2 rings (SSSR count). The van der Waals surface area contributed by atoms with Crippen LogP contribution in [-0.2, 0) is 12.8 Å². The highest BCUT2D eigenvalue weighted by atomic mass is 16.5. The minimum Gasteiger partial charge on any atom is -0.507 e. The second kappa shape index (κ2) is 6.48. The van der Waals surface area contributed by atoms with Crippen molar-refractivity contribution in [3.8, 4) is 17.2 Å². The monoisotopic (exact) mass is 334 g/mol. The highest BCUT2D eigenvalue weighted by Crippen LogP contribution is 2.48. The summed E-state index contributed by atoms with van der Waals surface area (Å²) in [5.74, 6) is 0.389. The first kappa shape index (κ1) is 18.3. The minimum atomic E-state index is -0.790. The maximum Gasteiger partial charge on any atom is 0.167 e. The quantitative estimate of drug-likeness (QED) is 0.653. The van der Waals surface area contributed by atoms with Crippen LogP contribution in [0.5, 0.6) is 17.2 Å². The molecule has 0 radical (unpaired) electrons. The number of fused-ring (bicyclic) bond motifs is 1. The summed E-state index contributed by atoms with van der Waals surface area (Å²) < 4.78 is 11.4. The van der Waals surface area contributed by atoms with Crippen molar-refractivity contribution in [3.05, 3.63) is 28.3 Å². The van der Waals surface area contributed by atoms with Gasteiger partial charge in [-0.3, -0.25) is 4.79 Å². The zero-order valence-corrected chi connectivity index (χ0v) is 15.2. The van der Waals surface area contributed by atoms with Gasteiger partial charge in [0, 0.05) is 17.5 Å². The molecule has 5 heteroatoms. The molecule has 0 aromatic heterocycles. The third-order valence-corrected chi connectivity index (χ3v) is 4.41. The van der Waals surface area contributed by atoms with Crippen molar-refractivity contribution in [2.75, 3.05) is 7.11 Å². The summed E-state index contributed by atoms with van der Waals surface area (Å²) in [5.41, 5.74) is 1.63. The second-order valence-corrected chi connectivity index (χ2v) is 7.01. The molecule has 0 saturated heterocycles. The Balaban J connectivity index is 2.79. The van der Waals surface area contributed by atoms with E-state index in [4.69, 9.17) is 9.47 Å². The average molecular weight is 334 g/mol. The number of hydrogen-bond acceptors (Lipinski definition) is 5. The van der Waals surface area contributed by atoms with Crippen LogP contribution in [0.2, 0.25) is 0 Å². The molecule has 0 aliphatic carbocycles. The number of aliphatic hydroxyl groups is 1. The number of carbonyl (C=O) groups excluding carboxylic acids is 1. The van der Waals surface area contributed by atoms with Gasteiger partial charge in [0.1, 0.15) is 28.4 Å². The molecule has 1 atom stereocenters. The number of methoxy groups -OCH3 is 1. The number of ketones is 1. The molecule has 0 spiro atoms. The number of carbonyl (C=O) groups is 1. The van der Waals surface area contributed by atoms with Crippen molar-refractivity contribution >= 4 is 5.78 Å². The van der Waals surface area contributed by atoms with Crippen molar-refractivity contribution in [1.29, 1.82) is 0 Å². The largest absolute Gasteiger partial charge is 0.507 e. The van der Waals surface area contributed by atoms with Crippen LogP contribution in [-0.4, -0.2) is 34.8 Å². The third kappa shape index (κ3) is 3.13. The lowest BCUT2D eigenvalue weighted by Crippen LogP contribution is -2.46. The van der Waals surface area contributed by atoms with Crippen LogP contribution < -0.4 is 9.47 Å². The van der Waals surface area contributed by atoms with Crippen LogP contribution in [0.1, 0.15) is 56.1 Å². The molecular weight excluding hydrogens is 308 g/mol. The zero-order valence-electron chi connectivity index (χ0n) is 15.2. The SMILES string of the molecule is COc1c2c(c(CC=C(C)C)c(O)c1C(C)=O)OC(C)(C)C(O)C2. The van der Waals surface area contributed by atoms with Gasteiger partial charge in [-0.05, 0) is 41.0 Å². The maximum absolute atomic E-state index is 12.1. The molecule has 1 aromatic carbocycles. The molecule has 1 unspecified atom stereocenters. The number of phenols is 1. The van der Waals surface area contributed by atoms with Crippen LogP contribution in [0.4, 0.5) is 0 Å². The summed E-state index contributed by atoms with van der Waals surface area (Å²) in [7, 11) is 1.45. The van der Waals surface area contributed by atoms with Gasteiger partial charge in [0.05, 0.1) is 13.2 Å². The van der Waals surface area contributed by atoms with Gasteiger partial charge in [0.2, 0.25) is 0 Å². The Morgan fingerprint density at radius 1 is 1.38 bits per heavy atom. The number of allylic oxidation sites excluding steroid dienone is 2. The average Bonchev–Trinajstić information content (AvgIpc) is 2.46. The molecule has 2 N–H and O–H groups in total. The molecule has 0 saturated carbocycles. The number of hydrogen-bond donors (Lipinski definition) is 2. The first-order valence-electron chi connectivity index (χ1n) is 8.06. The van der Waals surface area contributed by atoms with Crippen molar-refractivity contribution in [2.24, 2.45) is 0 Å². The first-order valence-corrected chi connectivity index (χ1v) is 8.06. The fourth-order valence-corrected chi connectivity index (χ4v) is 2.93. The molecule has 1 aliphatic heterocycles. The number of aromatic hydroxyl groups is 1. The Hall–Kier alpha value is -2.01. The lowest BCUT2D eigenvalue weighted by atomic mass is 9.86. The van der Waals surface area contributed by atoms with Gasteiger partial charge >= 0.3 is 0 Å². The minimum absolute atomic E-state index is 0.109. The van der Waals surface area contributed by atoms with Gasteiger partial charge in [-0.25, -0.2) is 0 Å². The maximum atomic E-state index is 12.1. The second-order valence-electron chi connectivity index (χ2n) is 7.01. The van der Waals surface area contributed by atoms with E-state index in [0.717, 1.165) is 5.57 Å². The van der Waals surface area contributed by atoms with Crippen molar-refractivity contribution in [1.82, 2.24) is 0 Å². The lowest BCUT2D eigenvalue weighted by molar-refractivity contribution is -0.0424. The van der Waals surface area contributed by atoms with Crippen molar-refractivity contribution in [3.63, 3.8) is 0 Å².